The van der Waals surface area contributed by atoms with Crippen molar-refractivity contribution in [1.82, 2.24) is 0 Å². The molecule has 0 spiro atoms. The van der Waals surface area contributed by atoms with Gasteiger partial charge in [-0.1, -0.05) is 31.2 Å². The zero-order valence-corrected chi connectivity index (χ0v) is 13.8. The summed E-state index contributed by atoms with van der Waals surface area (Å²) in [5, 5.41) is 11.9. The van der Waals surface area contributed by atoms with Crippen LogP contribution < -0.4 is 5.32 Å². The van der Waals surface area contributed by atoms with E-state index in [-0.39, 0.29) is 24.5 Å². The molecule has 5 nitrogen and oxygen atoms in total. The summed E-state index contributed by atoms with van der Waals surface area (Å²) in [5.41, 5.74) is 3.38. The number of ether oxygens (including phenoxy) is 1. The van der Waals surface area contributed by atoms with Crippen LogP contribution >= 0.6 is 0 Å². The van der Waals surface area contributed by atoms with Crippen molar-refractivity contribution >= 4 is 17.6 Å². The lowest BCUT2D eigenvalue weighted by molar-refractivity contribution is -0.115. The Morgan fingerprint density at radius 3 is 2.50 bits per heavy atom. The Labute approximate surface area is 141 Å². The number of carboxylic acids is 1. The summed E-state index contributed by atoms with van der Waals surface area (Å²) < 4.78 is 5.04. The predicted octanol–water partition coefficient (Wildman–Crippen LogP) is 3.27. The fourth-order valence-electron chi connectivity index (χ4n) is 2.49. The van der Waals surface area contributed by atoms with E-state index in [2.05, 4.69) is 12.2 Å². The first-order chi connectivity index (χ1) is 11.5. The van der Waals surface area contributed by atoms with Crippen LogP contribution in [0.3, 0.4) is 0 Å². The summed E-state index contributed by atoms with van der Waals surface area (Å²) in [5.74, 6) is -1.23. The first kappa shape index (κ1) is 17.7. The molecular weight excluding hydrogens is 306 g/mol. The topological polar surface area (TPSA) is 75.6 Å². The van der Waals surface area contributed by atoms with E-state index in [1.54, 1.807) is 6.07 Å². The maximum absolute atomic E-state index is 12.2. The molecule has 2 aromatic carbocycles. The Morgan fingerprint density at radius 2 is 1.83 bits per heavy atom. The molecule has 0 unspecified atom stereocenters. The van der Waals surface area contributed by atoms with E-state index in [1.165, 1.54) is 24.8 Å². The van der Waals surface area contributed by atoms with E-state index in [0.29, 0.717) is 11.3 Å². The first-order valence-corrected chi connectivity index (χ1v) is 7.75. The largest absolute Gasteiger partial charge is 0.478 e. The van der Waals surface area contributed by atoms with Crippen molar-refractivity contribution < 1.29 is 19.4 Å². The number of amides is 1. The van der Waals surface area contributed by atoms with Gasteiger partial charge < -0.3 is 15.2 Å². The molecule has 0 aliphatic rings. The summed E-state index contributed by atoms with van der Waals surface area (Å²) in [6.45, 7) is 2.34. The van der Waals surface area contributed by atoms with E-state index in [1.807, 2.05) is 24.3 Å². The number of carbonyl (C=O) groups is 2. The smallest absolute Gasteiger partial charge is 0.335 e. The molecule has 0 heterocycles. The van der Waals surface area contributed by atoms with Gasteiger partial charge in [0.15, 0.2) is 0 Å². The molecule has 0 fully saturated rings. The van der Waals surface area contributed by atoms with Gasteiger partial charge in [0.2, 0.25) is 5.91 Å². The third kappa shape index (κ3) is 4.93. The van der Waals surface area contributed by atoms with E-state index in [4.69, 9.17) is 4.74 Å². The highest BCUT2D eigenvalue weighted by molar-refractivity contribution is 5.95. The van der Waals surface area contributed by atoms with Gasteiger partial charge in [0.1, 0.15) is 0 Å². The maximum atomic E-state index is 12.2. The number of rotatable bonds is 7. The lowest BCUT2D eigenvalue weighted by Gasteiger charge is -2.10. The van der Waals surface area contributed by atoms with Crippen molar-refractivity contribution in [3.05, 3.63) is 64.7 Å². The number of hydrogen-bond donors (Lipinski definition) is 2. The normalized spacial score (nSPS) is 10.4. The molecule has 0 saturated carbocycles. The number of nitrogens with one attached hydrogen (secondary N) is 1. The monoisotopic (exact) mass is 327 g/mol. The number of methoxy groups -OCH3 is 1. The van der Waals surface area contributed by atoms with Crippen LogP contribution in [-0.4, -0.2) is 24.1 Å². The molecule has 1 amide bonds. The van der Waals surface area contributed by atoms with Crippen LogP contribution in [0, 0.1) is 0 Å². The van der Waals surface area contributed by atoms with Crippen LogP contribution in [0.25, 0.3) is 0 Å². The van der Waals surface area contributed by atoms with E-state index in [0.717, 1.165) is 12.0 Å². The molecule has 0 aliphatic heterocycles. The van der Waals surface area contributed by atoms with Crippen molar-refractivity contribution in [2.75, 3.05) is 12.4 Å². The van der Waals surface area contributed by atoms with Gasteiger partial charge in [-0.3, -0.25) is 4.79 Å². The minimum absolute atomic E-state index is 0.118. The zero-order chi connectivity index (χ0) is 17.5. The van der Waals surface area contributed by atoms with Crippen LogP contribution in [0.15, 0.2) is 42.5 Å². The van der Waals surface area contributed by atoms with Gasteiger partial charge in [-0.05, 0) is 41.3 Å². The third-order valence-electron chi connectivity index (χ3n) is 3.60. The van der Waals surface area contributed by atoms with Gasteiger partial charge in [-0.25, -0.2) is 4.79 Å². The molecule has 0 radical (unpaired) electrons. The first-order valence-electron chi connectivity index (χ1n) is 7.75. The number of hydrogen-bond acceptors (Lipinski definition) is 3. The van der Waals surface area contributed by atoms with Crippen LogP contribution in [-0.2, 0) is 29.0 Å². The number of anilines is 1. The van der Waals surface area contributed by atoms with Crippen molar-refractivity contribution in [1.29, 1.82) is 0 Å². The molecule has 0 aromatic heterocycles. The van der Waals surface area contributed by atoms with Crippen molar-refractivity contribution in [2.45, 2.75) is 26.4 Å². The second kappa shape index (κ2) is 8.26. The van der Waals surface area contributed by atoms with Gasteiger partial charge in [0.25, 0.3) is 0 Å². The van der Waals surface area contributed by atoms with Gasteiger partial charge >= 0.3 is 5.97 Å². The molecule has 24 heavy (non-hydrogen) atoms. The molecule has 126 valence electrons. The Balaban J connectivity index is 2.13. The van der Waals surface area contributed by atoms with E-state index >= 15 is 0 Å². The molecule has 0 aliphatic carbocycles. The van der Waals surface area contributed by atoms with Crippen molar-refractivity contribution in [2.24, 2.45) is 0 Å². The fourth-order valence-corrected chi connectivity index (χ4v) is 2.49. The Hall–Kier alpha value is -2.66. The molecule has 0 bridgehead atoms. The average molecular weight is 327 g/mol. The maximum Gasteiger partial charge on any atom is 0.335 e. The van der Waals surface area contributed by atoms with Crippen LogP contribution in [0.2, 0.25) is 0 Å². The van der Waals surface area contributed by atoms with Gasteiger partial charge in [0, 0.05) is 12.8 Å². The highest BCUT2D eigenvalue weighted by Gasteiger charge is 2.10. The molecule has 2 rings (SSSR count). The lowest BCUT2D eigenvalue weighted by atomic mass is 10.1. The Morgan fingerprint density at radius 1 is 1.08 bits per heavy atom. The number of benzene rings is 2. The third-order valence-corrected chi connectivity index (χ3v) is 3.60. The SMILES string of the molecule is CCc1cccc(CC(=O)Nc2cc(COC)cc(C(=O)O)c2)c1. The second-order valence-electron chi connectivity index (χ2n) is 5.56. The predicted molar refractivity (Wildman–Crippen MR) is 92.3 cm³/mol. The summed E-state index contributed by atoms with van der Waals surface area (Å²) in [6, 6.07) is 12.6. The van der Waals surface area contributed by atoms with Gasteiger partial charge in [-0.15, -0.1) is 0 Å². The van der Waals surface area contributed by atoms with Crippen LogP contribution in [0.4, 0.5) is 5.69 Å². The highest BCUT2D eigenvalue weighted by atomic mass is 16.5. The Kier molecular flexibility index (Phi) is 6.09. The van der Waals surface area contributed by atoms with E-state index in [9.17, 15) is 14.7 Å². The molecule has 0 atom stereocenters. The standard InChI is InChI=1S/C19H21NO4/c1-3-13-5-4-6-14(7-13)10-18(21)20-17-9-15(12-24-2)8-16(11-17)19(22)23/h4-9,11H,3,10,12H2,1-2H3,(H,20,21)(H,22,23). The van der Waals surface area contributed by atoms with E-state index < -0.39 is 5.97 Å². The van der Waals surface area contributed by atoms with Gasteiger partial charge in [0.05, 0.1) is 18.6 Å². The van der Waals surface area contributed by atoms with Crippen LogP contribution in [0.5, 0.6) is 0 Å². The summed E-state index contributed by atoms with van der Waals surface area (Å²) in [4.78, 5) is 23.4. The summed E-state index contributed by atoms with van der Waals surface area (Å²) >= 11 is 0. The molecule has 0 saturated heterocycles. The lowest BCUT2D eigenvalue weighted by Crippen LogP contribution is -2.15. The minimum Gasteiger partial charge on any atom is -0.478 e. The number of aryl methyl sites for hydroxylation is 1. The number of carbonyl (C=O) groups excluding carboxylic acids is 1. The van der Waals surface area contributed by atoms with Gasteiger partial charge in [-0.2, -0.15) is 0 Å². The second-order valence-corrected chi connectivity index (χ2v) is 5.56. The van der Waals surface area contributed by atoms with Crippen molar-refractivity contribution in [3.63, 3.8) is 0 Å². The molecule has 2 aromatic rings. The Bertz CT molecular complexity index is 740. The average Bonchev–Trinajstić information content (AvgIpc) is 2.55. The summed E-state index contributed by atoms with van der Waals surface area (Å²) in [7, 11) is 1.53. The zero-order valence-electron chi connectivity index (χ0n) is 13.8. The van der Waals surface area contributed by atoms with Crippen molar-refractivity contribution in [3.8, 4) is 0 Å². The summed E-state index contributed by atoms with van der Waals surface area (Å²) in [6.07, 6.45) is 1.15. The fraction of sp³-hybridized carbons (Fsp3) is 0.263. The van der Waals surface area contributed by atoms with Crippen LogP contribution in [0.1, 0.15) is 34.0 Å². The molecule has 5 heteroatoms. The molecular formula is C19H21NO4. The quantitative estimate of drug-likeness (QED) is 0.818. The number of carboxylic acid groups (broad SMARTS) is 1. The molecule has 2 N–H and O–H groups in total. The highest BCUT2D eigenvalue weighted by Crippen LogP contribution is 2.17. The number of aromatic carboxylic acids is 1. The minimum atomic E-state index is -1.04.